The molecule has 0 saturated carbocycles. The first-order valence-corrected chi connectivity index (χ1v) is 8.64. The number of aryl methyl sites for hydroxylation is 1. The van der Waals surface area contributed by atoms with E-state index in [1.165, 1.54) is 0 Å². The van der Waals surface area contributed by atoms with Gasteiger partial charge in [0.25, 0.3) is 0 Å². The molecule has 0 fully saturated rings. The van der Waals surface area contributed by atoms with Gasteiger partial charge in [-0.2, -0.15) is 4.57 Å². The number of fused-ring (bicyclic) bond motifs is 5. The van der Waals surface area contributed by atoms with E-state index in [4.69, 9.17) is 18.9 Å². The van der Waals surface area contributed by atoms with Gasteiger partial charge >= 0.3 is 0 Å². The molecule has 0 saturated heterocycles. The lowest BCUT2D eigenvalue weighted by Crippen LogP contribution is -3.00. The van der Waals surface area contributed by atoms with Gasteiger partial charge in [-0.05, 0) is 35.7 Å². The summed E-state index contributed by atoms with van der Waals surface area (Å²) in [6.45, 7) is 0. The van der Waals surface area contributed by atoms with Crippen molar-refractivity contribution in [2.24, 2.45) is 7.05 Å². The summed E-state index contributed by atoms with van der Waals surface area (Å²) in [5, 5.41) is 5.52. The molecule has 0 aliphatic rings. The van der Waals surface area contributed by atoms with Crippen molar-refractivity contribution in [2.45, 2.75) is 0 Å². The van der Waals surface area contributed by atoms with Crippen LogP contribution in [-0.2, 0) is 7.05 Å². The number of rotatable bonds is 4. The quantitative estimate of drug-likeness (QED) is 0.379. The van der Waals surface area contributed by atoms with E-state index in [0.717, 1.165) is 43.9 Å². The highest BCUT2D eigenvalue weighted by molar-refractivity contribution is 6.14. The fourth-order valence-corrected chi connectivity index (χ4v) is 3.74. The number of aromatic nitrogens is 1. The average molecular weight is 400 g/mol. The molecule has 5 nitrogen and oxygen atoms in total. The van der Waals surface area contributed by atoms with Crippen molar-refractivity contribution in [1.29, 1.82) is 0 Å². The van der Waals surface area contributed by atoms with E-state index in [2.05, 4.69) is 29.9 Å². The van der Waals surface area contributed by atoms with Gasteiger partial charge in [-0.15, -0.1) is 0 Å². The number of pyridine rings is 1. The molecule has 0 amide bonds. The van der Waals surface area contributed by atoms with Crippen molar-refractivity contribution in [3.05, 3.63) is 42.6 Å². The molecule has 4 aromatic rings. The summed E-state index contributed by atoms with van der Waals surface area (Å²) in [5.41, 5.74) is 1.12. The predicted molar refractivity (Wildman–Crippen MR) is 106 cm³/mol. The number of hydrogen-bond donors (Lipinski definition) is 0. The van der Waals surface area contributed by atoms with Crippen LogP contribution in [0.3, 0.4) is 0 Å². The predicted octanol–water partition coefficient (Wildman–Crippen LogP) is 1.01. The highest BCUT2D eigenvalue weighted by atomic mass is 35.5. The maximum absolute atomic E-state index is 5.52. The van der Waals surface area contributed by atoms with Crippen LogP contribution >= 0.6 is 0 Å². The van der Waals surface area contributed by atoms with Crippen LogP contribution < -0.4 is 35.9 Å². The monoisotopic (exact) mass is 399 g/mol. The molecule has 0 atom stereocenters. The molecular weight excluding hydrogens is 378 g/mol. The molecule has 1 aromatic heterocycles. The van der Waals surface area contributed by atoms with E-state index >= 15 is 0 Å². The van der Waals surface area contributed by atoms with Crippen LogP contribution in [-0.4, -0.2) is 28.4 Å². The summed E-state index contributed by atoms with van der Waals surface area (Å²) in [7, 11) is 8.66. The largest absolute Gasteiger partial charge is 1.00 e. The summed E-state index contributed by atoms with van der Waals surface area (Å²) in [6.07, 6.45) is 2.11. The van der Waals surface area contributed by atoms with Crippen molar-refractivity contribution in [2.75, 3.05) is 28.4 Å². The second kappa shape index (κ2) is 7.60. The SMILES string of the molecule is COc1cc2c[n+](C)c3c4cc(OC)c(OC)cc4ccc3c2cc1OC.[Cl-]. The smallest absolute Gasteiger partial charge is 0.220 e. The van der Waals surface area contributed by atoms with Crippen LogP contribution in [0.2, 0.25) is 0 Å². The zero-order chi connectivity index (χ0) is 19.1. The van der Waals surface area contributed by atoms with Crippen molar-refractivity contribution in [3.8, 4) is 23.0 Å². The van der Waals surface area contributed by atoms with Gasteiger partial charge in [0.05, 0.1) is 44.6 Å². The van der Waals surface area contributed by atoms with Crippen LogP contribution in [0, 0.1) is 0 Å². The minimum atomic E-state index is 0. The molecule has 3 aromatic carbocycles. The van der Waals surface area contributed by atoms with Crippen molar-refractivity contribution >= 4 is 32.4 Å². The third kappa shape index (κ3) is 2.92. The fraction of sp³-hybridized carbons (Fsp3) is 0.227. The van der Waals surface area contributed by atoms with Gasteiger partial charge in [-0.3, -0.25) is 0 Å². The van der Waals surface area contributed by atoms with Gasteiger partial charge < -0.3 is 31.4 Å². The standard InChI is InChI=1S/C22H22NO4.ClH/c1-23-12-14-9-19(25-3)20(26-4)10-16(14)15-7-6-13-8-18(24-2)21(27-5)11-17(13)22(15)23;/h6-12H,1-5H3;1H/q+1;/p-1. The molecule has 0 bridgehead atoms. The number of halogens is 1. The Labute approximate surface area is 169 Å². The Hall–Kier alpha value is -2.92. The fourth-order valence-electron chi connectivity index (χ4n) is 3.74. The van der Waals surface area contributed by atoms with Gasteiger partial charge in [0.2, 0.25) is 5.52 Å². The summed E-state index contributed by atoms with van der Waals surface area (Å²) in [5.74, 6) is 2.87. The molecule has 0 aliphatic carbocycles. The second-order valence-corrected chi connectivity index (χ2v) is 6.42. The summed E-state index contributed by atoms with van der Waals surface area (Å²) >= 11 is 0. The van der Waals surface area contributed by atoms with Gasteiger partial charge in [0.1, 0.15) is 7.05 Å². The van der Waals surface area contributed by atoms with Gasteiger partial charge in [0.15, 0.2) is 29.2 Å². The first kappa shape index (κ1) is 19.8. The molecule has 0 spiro atoms. The topological polar surface area (TPSA) is 40.8 Å². The lowest BCUT2D eigenvalue weighted by molar-refractivity contribution is -0.642. The molecular formula is C22H22ClNO4. The molecule has 0 unspecified atom stereocenters. The molecule has 28 heavy (non-hydrogen) atoms. The Morgan fingerprint density at radius 2 is 1.11 bits per heavy atom. The lowest BCUT2D eigenvalue weighted by atomic mass is 10.00. The van der Waals surface area contributed by atoms with Crippen molar-refractivity contribution < 1.29 is 35.9 Å². The minimum Gasteiger partial charge on any atom is -1.00 e. The van der Waals surface area contributed by atoms with Gasteiger partial charge in [-0.1, -0.05) is 6.07 Å². The Bertz CT molecular complexity index is 1190. The first-order chi connectivity index (χ1) is 13.1. The van der Waals surface area contributed by atoms with Crippen molar-refractivity contribution in [1.82, 2.24) is 0 Å². The van der Waals surface area contributed by atoms with Crippen LogP contribution in [0.15, 0.2) is 42.6 Å². The minimum absolute atomic E-state index is 0. The summed E-state index contributed by atoms with van der Waals surface area (Å²) < 4.78 is 24.1. The van der Waals surface area contributed by atoms with Crippen LogP contribution in [0.1, 0.15) is 0 Å². The molecule has 4 rings (SSSR count). The number of methoxy groups -OCH3 is 4. The Morgan fingerprint density at radius 1 is 0.607 bits per heavy atom. The third-order valence-corrected chi connectivity index (χ3v) is 5.03. The van der Waals surface area contributed by atoms with Crippen LogP contribution in [0.5, 0.6) is 23.0 Å². The Balaban J connectivity index is 0.00000225. The maximum atomic E-state index is 5.52. The highest BCUT2D eigenvalue weighted by Gasteiger charge is 2.18. The Kier molecular flexibility index (Phi) is 5.38. The second-order valence-electron chi connectivity index (χ2n) is 6.42. The summed E-state index contributed by atoms with van der Waals surface area (Å²) in [4.78, 5) is 0. The van der Waals surface area contributed by atoms with Crippen molar-refractivity contribution in [3.63, 3.8) is 0 Å². The van der Waals surface area contributed by atoms with E-state index < -0.39 is 0 Å². The highest BCUT2D eigenvalue weighted by Crippen LogP contribution is 2.38. The Morgan fingerprint density at radius 3 is 1.68 bits per heavy atom. The number of ether oxygens (including phenoxy) is 4. The lowest BCUT2D eigenvalue weighted by Gasteiger charge is -2.12. The first-order valence-electron chi connectivity index (χ1n) is 8.64. The van der Waals surface area contributed by atoms with E-state index in [1.807, 2.05) is 24.3 Å². The number of benzene rings is 3. The number of nitrogens with zero attached hydrogens (tertiary/aromatic N) is 1. The molecule has 0 radical (unpaired) electrons. The van der Waals surface area contributed by atoms with Crippen LogP contribution in [0.4, 0.5) is 0 Å². The zero-order valence-corrected chi connectivity index (χ0v) is 17.3. The van der Waals surface area contributed by atoms with E-state index in [-0.39, 0.29) is 12.4 Å². The zero-order valence-electron chi connectivity index (χ0n) is 16.5. The van der Waals surface area contributed by atoms with Gasteiger partial charge in [0, 0.05) is 5.39 Å². The van der Waals surface area contributed by atoms with E-state index in [9.17, 15) is 0 Å². The third-order valence-electron chi connectivity index (χ3n) is 5.03. The number of hydrogen-bond acceptors (Lipinski definition) is 4. The molecule has 0 aliphatic heterocycles. The van der Waals surface area contributed by atoms with Gasteiger partial charge in [-0.25, -0.2) is 0 Å². The normalized spacial score (nSPS) is 10.8. The van der Waals surface area contributed by atoms with E-state index in [0.29, 0.717) is 11.5 Å². The molecule has 0 N–H and O–H groups in total. The van der Waals surface area contributed by atoms with E-state index in [1.54, 1.807) is 28.4 Å². The molecule has 6 heteroatoms. The maximum Gasteiger partial charge on any atom is 0.220 e. The van der Waals surface area contributed by atoms with Crippen LogP contribution in [0.25, 0.3) is 32.4 Å². The average Bonchev–Trinajstić information content (AvgIpc) is 2.71. The molecule has 146 valence electrons. The molecule has 1 heterocycles. The summed E-state index contributed by atoms with van der Waals surface area (Å²) in [6, 6.07) is 12.3.